The van der Waals surface area contributed by atoms with E-state index in [0.717, 1.165) is 18.5 Å². The van der Waals surface area contributed by atoms with Crippen LogP contribution < -0.4 is 26.0 Å². The van der Waals surface area contributed by atoms with E-state index in [2.05, 4.69) is 9.73 Å². The van der Waals surface area contributed by atoms with Crippen molar-refractivity contribution in [3.63, 3.8) is 0 Å². The molecule has 0 aromatic heterocycles. The van der Waals surface area contributed by atoms with Crippen LogP contribution >= 0.6 is 0 Å². The van der Waals surface area contributed by atoms with Crippen LogP contribution in [-0.4, -0.2) is 43.1 Å². The topological polar surface area (TPSA) is 131 Å². The van der Waals surface area contributed by atoms with Gasteiger partial charge in [-0.3, -0.25) is 14.4 Å². The van der Waals surface area contributed by atoms with Crippen molar-refractivity contribution in [2.45, 2.75) is 32.3 Å². The summed E-state index contributed by atoms with van der Waals surface area (Å²) in [5.74, 6) is -1.38. The summed E-state index contributed by atoms with van der Waals surface area (Å²) in [5.41, 5.74) is 12.7. The van der Waals surface area contributed by atoms with Gasteiger partial charge in [-0.15, -0.1) is 0 Å². The quantitative estimate of drug-likeness (QED) is 0.593. The minimum Gasteiger partial charge on any atom is -0.435 e. The number of nitrogens with two attached hydrogens (primary N) is 2. The molecule has 2 saturated heterocycles. The monoisotopic (exact) mass is 497 g/mol. The van der Waals surface area contributed by atoms with Gasteiger partial charge in [-0.25, -0.2) is 4.99 Å². The van der Waals surface area contributed by atoms with Gasteiger partial charge in [-0.1, -0.05) is 0 Å². The average molecular weight is 498 g/mol. The molecule has 0 spiro atoms. The van der Waals surface area contributed by atoms with Crippen molar-refractivity contribution in [2.75, 3.05) is 22.9 Å². The highest BCUT2D eigenvalue weighted by Crippen LogP contribution is 2.29. The smallest absolute Gasteiger partial charge is 0.387 e. The number of carbonyl (C=O) groups is 3. The lowest BCUT2D eigenvalue weighted by molar-refractivity contribution is -0.119. The number of primary amides is 1. The SMILES string of the molecule is NC(=O)C(N)=C1CCN(c2ccc(N3CCCCC3=O)cc2)C(=O)C1=Nc1ccc(OC(F)F)cc1. The van der Waals surface area contributed by atoms with Gasteiger partial charge in [0.05, 0.1) is 5.69 Å². The van der Waals surface area contributed by atoms with Crippen LogP contribution in [0.1, 0.15) is 25.7 Å². The summed E-state index contributed by atoms with van der Waals surface area (Å²) in [6, 6.07) is 12.4. The van der Waals surface area contributed by atoms with Gasteiger partial charge in [0, 0.05) is 36.5 Å². The molecule has 2 aliphatic heterocycles. The molecule has 36 heavy (non-hydrogen) atoms. The van der Waals surface area contributed by atoms with Crippen molar-refractivity contribution in [3.05, 3.63) is 59.8 Å². The molecule has 9 nitrogen and oxygen atoms in total. The van der Waals surface area contributed by atoms with Crippen LogP contribution in [-0.2, 0) is 14.4 Å². The Labute approximate surface area is 206 Å². The number of carbonyl (C=O) groups excluding carboxylic acids is 3. The van der Waals surface area contributed by atoms with E-state index in [9.17, 15) is 23.2 Å². The van der Waals surface area contributed by atoms with Crippen molar-refractivity contribution < 1.29 is 27.9 Å². The first kappa shape index (κ1) is 24.8. The largest absolute Gasteiger partial charge is 0.435 e. The maximum absolute atomic E-state index is 13.5. The van der Waals surface area contributed by atoms with Gasteiger partial charge < -0.3 is 26.0 Å². The number of aliphatic imine (C=N–C) groups is 1. The predicted molar refractivity (Wildman–Crippen MR) is 130 cm³/mol. The molecule has 0 saturated carbocycles. The fourth-order valence-corrected chi connectivity index (χ4v) is 4.20. The fourth-order valence-electron chi connectivity index (χ4n) is 4.20. The lowest BCUT2D eigenvalue weighted by Crippen LogP contribution is -2.44. The first-order valence-electron chi connectivity index (χ1n) is 11.4. The van der Waals surface area contributed by atoms with Gasteiger partial charge in [0.2, 0.25) is 5.91 Å². The molecule has 2 aliphatic rings. The molecule has 0 unspecified atom stereocenters. The van der Waals surface area contributed by atoms with E-state index in [1.54, 1.807) is 29.2 Å². The lowest BCUT2D eigenvalue weighted by atomic mass is 9.97. The van der Waals surface area contributed by atoms with E-state index in [-0.39, 0.29) is 47.3 Å². The summed E-state index contributed by atoms with van der Waals surface area (Å²) in [5, 5.41) is 0. The molecule has 4 rings (SSSR count). The average Bonchev–Trinajstić information content (AvgIpc) is 2.86. The zero-order valence-corrected chi connectivity index (χ0v) is 19.3. The molecule has 2 aromatic carbocycles. The van der Waals surface area contributed by atoms with E-state index in [1.165, 1.54) is 29.2 Å². The summed E-state index contributed by atoms with van der Waals surface area (Å²) in [6.07, 6.45) is 2.55. The molecule has 4 N–H and O–H groups in total. The molecule has 2 aromatic rings. The van der Waals surface area contributed by atoms with Crippen molar-refractivity contribution in [2.24, 2.45) is 16.5 Å². The summed E-state index contributed by atoms with van der Waals surface area (Å²) < 4.78 is 29.2. The summed E-state index contributed by atoms with van der Waals surface area (Å²) >= 11 is 0. The predicted octanol–water partition coefficient (Wildman–Crippen LogP) is 3.01. The number of anilines is 2. The van der Waals surface area contributed by atoms with Gasteiger partial charge in [-0.05, 0) is 67.8 Å². The Morgan fingerprint density at radius 2 is 1.53 bits per heavy atom. The molecule has 11 heteroatoms. The Morgan fingerprint density at radius 1 is 0.889 bits per heavy atom. The number of halogens is 2. The molecule has 2 fully saturated rings. The van der Waals surface area contributed by atoms with Gasteiger partial charge in [-0.2, -0.15) is 8.78 Å². The van der Waals surface area contributed by atoms with Crippen LogP contribution in [0.4, 0.5) is 25.8 Å². The zero-order chi connectivity index (χ0) is 25.8. The lowest BCUT2D eigenvalue weighted by Gasteiger charge is -2.31. The number of hydrogen-bond acceptors (Lipinski definition) is 6. The Kier molecular flexibility index (Phi) is 7.28. The van der Waals surface area contributed by atoms with Gasteiger partial charge in [0.1, 0.15) is 17.2 Å². The molecule has 0 aliphatic carbocycles. The van der Waals surface area contributed by atoms with Crippen LogP contribution in [0.15, 0.2) is 64.8 Å². The van der Waals surface area contributed by atoms with Crippen molar-refractivity contribution in [3.8, 4) is 5.75 Å². The van der Waals surface area contributed by atoms with E-state index in [4.69, 9.17) is 11.5 Å². The number of ether oxygens (including phenoxy) is 1. The van der Waals surface area contributed by atoms with E-state index in [0.29, 0.717) is 18.7 Å². The van der Waals surface area contributed by atoms with Gasteiger partial charge in [0.25, 0.3) is 11.8 Å². The highest BCUT2D eigenvalue weighted by Gasteiger charge is 2.32. The van der Waals surface area contributed by atoms with Crippen LogP contribution in [0, 0.1) is 0 Å². The van der Waals surface area contributed by atoms with Crippen molar-refractivity contribution >= 4 is 40.5 Å². The second-order valence-electron chi connectivity index (χ2n) is 8.31. The highest BCUT2D eigenvalue weighted by atomic mass is 19.3. The van der Waals surface area contributed by atoms with Crippen LogP contribution in [0.3, 0.4) is 0 Å². The summed E-state index contributed by atoms with van der Waals surface area (Å²) in [4.78, 5) is 45.1. The normalized spacial score (nSPS) is 19.1. The standard InChI is InChI=1S/C25H25F2N5O4/c26-25(27)36-18-10-4-15(5-11-18)30-22-19(21(28)23(29)34)12-14-32(24(22)35)17-8-6-16(7-9-17)31-13-2-1-3-20(31)33/h4-11,25H,1-3,12-14,28H2,(H2,29,34). The molecule has 188 valence electrons. The number of amides is 3. The third-order valence-corrected chi connectivity index (χ3v) is 6.01. The molecular weight excluding hydrogens is 472 g/mol. The molecule has 0 atom stereocenters. The van der Waals surface area contributed by atoms with Crippen LogP contribution in [0.2, 0.25) is 0 Å². The van der Waals surface area contributed by atoms with E-state index in [1.807, 2.05) is 0 Å². The minimum absolute atomic E-state index is 0.0646. The number of benzene rings is 2. The fraction of sp³-hybridized carbons (Fsp3) is 0.280. The van der Waals surface area contributed by atoms with E-state index >= 15 is 0 Å². The molecule has 3 amide bonds. The second-order valence-corrected chi connectivity index (χ2v) is 8.31. The summed E-state index contributed by atoms with van der Waals surface area (Å²) in [7, 11) is 0. The molecular formula is C25H25F2N5O4. The van der Waals surface area contributed by atoms with E-state index < -0.39 is 18.4 Å². The maximum atomic E-state index is 13.5. The molecule has 0 radical (unpaired) electrons. The van der Waals surface area contributed by atoms with Crippen LogP contribution in [0.5, 0.6) is 5.75 Å². The molecule has 2 heterocycles. The van der Waals surface area contributed by atoms with Crippen LogP contribution in [0.25, 0.3) is 0 Å². The first-order valence-corrected chi connectivity index (χ1v) is 11.4. The maximum Gasteiger partial charge on any atom is 0.387 e. The Bertz CT molecular complexity index is 1230. The minimum atomic E-state index is -2.97. The Morgan fingerprint density at radius 3 is 2.11 bits per heavy atom. The number of rotatable bonds is 6. The Balaban J connectivity index is 1.64. The third-order valence-electron chi connectivity index (χ3n) is 6.01. The van der Waals surface area contributed by atoms with Crippen molar-refractivity contribution in [1.82, 2.24) is 0 Å². The summed E-state index contributed by atoms with van der Waals surface area (Å²) in [6.45, 7) is -2.09. The number of nitrogens with zero attached hydrogens (tertiary/aromatic N) is 3. The number of piperidine rings is 2. The third kappa shape index (κ3) is 5.35. The first-order chi connectivity index (χ1) is 17.2. The zero-order valence-electron chi connectivity index (χ0n) is 19.3. The number of alkyl halides is 2. The number of hydrogen-bond donors (Lipinski definition) is 2. The van der Waals surface area contributed by atoms with Gasteiger partial charge in [0.15, 0.2) is 0 Å². The van der Waals surface area contributed by atoms with Gasteiger partial charge >= 0.3 is 6.61 Å². The van der Waals surface area contributed by atoms with Crippen molar-refractivity contribution in [1.29, 1.82) is 0 Å². The Hall–Kier alpha value is -4.28. The second kappa shape index (κ2) is 10.5. The highest BCUT2D eigenvalue weighted by molar-refractivity contribution is 6.51. The molecule has 0 bridgehead atoms.